The van der Waals surface area contributed by atoms with E-state index in [1.54, 1.807) is 45.0 Å². The molecule has 7 nitrogen and oxygen atoms in total. The van der Waals surface area contributed by atoms with Crippen LogP contribution in [0.3, 0.4) is 0 Å². The second kappa shape index (κ2) is 7.45. The van der Waals surface area contributed by atoms with Gasteiger partial charge in [-0.05, 0) is 39.2 Å². The summed E-state index contributed by atoms with van der Waals surface area (Å²) in [6.07, 6.45) is 1.08. The minimum Gasteiger partial charge on any atom is -0.458 e. The van der Waals surface area contributed by atoms with Crippen LogP contribution in [0.2, 0.25) is 0 Å². The van der Waals surface area contributed by atoms with Gasteiger partial charge in [0.25, 0.3) is 5.91 Å². The van der Waals surface area contributed by atoms with Crippen molar-refractivity contribution in [2.45, 2.75) is 57.2 Å². The predicted molar refractivity (Wildman–Crippen MR) is 96.8 cm³/mol. The monoisotopic (exact) mass is 361 g/mol. The molecule has 0 unspecified atom stereocenters. The first-order valence-electron chi connectivity index (χ1n) is 8.71. The second-order valence-electron chi connectivity index (χ2n) is 7.69. The molecule has 0 saturated carbocycles. The molecule has 0 bridgehead atoms. The highest BCUT2D eigenvalue weighted by Gasteiger charge is 2.50. The minimum atomic E-state index is -1.92. The molecular formula is C19H27N3O4. The quantitative estimate of drug-likeness (QED) is 0.593. The molecule has 26 heavy (non-hydrogen) atoms. The lowest BCUT2D eigenvalue weighted by molar-refractivity contribution is -0.167. The topological polar surface area (TPSA) is 116 Å². The van der Waals surface area contributed by atoms with Crippen molar-refractivity contribution in [3.05, 3.63) is 35.9 Å². The number of nitrogens with zero attached hydrogens (tertiary/aromatic N) is 1. The van der Waals surface area contributed by atoms with Crippen LogP contribution < -0.4 is 11.5 Å². The third kappa shape index (κ3) is 4.40. The smallest absolute Gasteiger partial charge is 0.336 e. The van der Waals surface area contributed by atoms with Crippen LogP contribution in [0.25, 0.3) is 0 Å². The number of likely N-dealkylation sites (tertiary alicyclic amines) is 1. The van der Waals surface area contributed by atoms with Crippen molar-refractivity contribution < 1.29 is 19.1 Å². The molecule has 1 aliphatic heterocycles. The van der Waals surface area contributed by atoms with Crippen LogP contribution in [0.1, 0.15) is 39.2 Å². The largest absolute Gasteiger partial charge is 0.458 e. The molecule has 0 spiro atoms. The summed E-state index contributed by atoms with van der Waals surface area (Å²) in [6, 6.07) is 8.27. The molecule has 1 saturated heterocycles. The molecule has 2 amide bonds. The van der Waals surface area contributed by atoms with Crippen LogP contribution >= 0.6 is 0 Å². The molecule has 0 aliphatic carbocycles. The first-order valence-corrected chi connectivity index (χ1v) is 8.71. The minimum absolute atomic E-state index is 0.0242. The molecule has 2 atom stereocenters. The number of esters is 1. The highest BCUT2D eigenvalue weighted by atomic mass is 16.6. The van der Waals surface area contributed by atoms with Gasteiger partial charge in [-0.3, -0.25) is 9.59 Å². The Hall–Kier alpha value is -2.41. The molecule has 1 aliphatic rings. The van der Waals surface area contributed by atoms with Gasteiger partial charge in [-0.25, -0.2) is 4.79 Å². The van der Waals surface area contributed by atoms with Crippen molar-refractivity contribution >= 4 is 17.8 Å². The highest BCUT2D eigenvalue weighted by molar-refractivity contribution is 6.08. The van der Waals surface area contributed by atoms with Gasteiger partial charge < -0.3 is 21.1 Å². The van der Waals surface area contributed by atoms with E-state index in [0.717, 1.165) is 5.56 Å². The number of hydrogen-bond acceptors (Lipinski definition) is 5. The average Bonchev–Trinajstić information content (AvgIpc) is 3.03. The molecule has 0 radical (unpaired) electrons. The van der Waals surface area contributed by atoms with Gasteiger partial charge in [-0.15, -0.1) is 0 Å². The third-order valence-corrected chi connectivity index (χ3v) is 4.31. The van der Waals surface area contributed by atoms with Crippen molar-refractivity contribution in [2.75, 3.05) is 6.54 Å². The van der Waals surface area contributed by atoms with Crippen LogP contribution in [-0.2, 0) is 25.5 Å². The maximum absolute atomic E-state index is 13.2. The van der Waals surface area contributed by atoms with Crippen LogP contribution in [0.5, 0.6) is 0 Å². The number of carbonyl (C=O) groups excluding carboxylic acids is 3. The Kier molecular flexibility index (Phi) is 5.71. The van der Waals surface area contributed by atoms with Crippen molar-refractivity contribution in [3.8, 4) is 0 Å². The number of primary amides is 1. The molecule has 2 rings (SSSR count). The lowest BCUT2D eigenvalue weighted by Crippen LogP contribution is -2.64. The summed E-state index contributed by atoms with van der Waals surface area (Å²) in [6.45, 7) is 5.46. The lowest BCUT2D eigenvalue weighted by Gasteiger charge is -2.34. The van der Waals surface area contributed by atoms with Gasteiger partial charge in [0.2, 0.25) is 5.91 Å². The molecule has 0 aromatic heterocycles. The van der Waals surface area contributed by atoms with Crippen LogP contribution in [0, 0.1) is 0 Å². The maximum Gasteiger partial charge on any atom is 0.336 e. The van der Waals surface area contributed by atoms with Gasteiger partial charge in [0.1, 0.15) is 11.6 Å². The Morgan fingerprint density at radius 2 is 1.81 bits per heavy atom. The Morgan fingerprint density at radius 3 is 2.35 bits per heavy atom. The summed E-state index contributed by atoms with van der Waals surface area (Å²) < 4.78 is 5.42. The number of amides is 2. The van der Waals surface area contributed by atoms with Gasteiger partial charge in [0.15, 0.2) is 5.54 Å². The number of carbonyl (C=O) groups is 3. The zero-order valence-corrected chi connectivity index (χ0v) is 15.5. The van der Waals surface area contributed by atoms with E-state index in [-0.39, 0.29) is 6.42 Å². The number of benzene rings is 1. The number of rotatable bonds is 5. The van der Waals surface area contributed by atoms with E-state index in [1.807, 2.05) is 6.07 Å². The van der Waals surface area contributed by atoms with Gasteiger partial charge in [-0.1, -0.05) is 30.3 Å². The number of nitrogens with two attached hydrogens (primary N) is 2. The van der Waals surface area contributed by atoms with Crippen LogP contribution in [-0.4, -0.2) is 46.4 Å². The Morgan fingerprint density at radius 1 is 1.19 bits per heavy atom. The summed E-state index contributed by atoms with van der Waals surface area (Å²) in [5.74, 6) is -2.03. The average molecular weight is 361 g/mol. The Balaban J connectivity index is 2.37. The lowest BCUT2D eigenvalue weighted by atomic mass is 9.89. The van der Waals surface area contributed by atoms with Gasteiger partial charge in [0.05, 0.1) is 0 Å². The van der Waals surface area contributed by atoms with Gasteiger partial charge in [-0.2, -0.15) is 0 Å². The van der Waals surface area contributed by atoms with E-state index >= 15 is 0 Å². The second-order valence-corrected chi connectivity index (χ2v) is 7.69. The zero-order chi connectivity index (χ0) is 19.5. The predicted octanol–water partition coefficient (Wildman–Crippen LogP) is 0.745. The van der Waals surface area contributed by atoms with Crippen molar-refractivity contribution in [1.29, 1.82) is 0 Å². The van der Waals surface area contributed by atoms with E-state index in [4.69, 9.17) is 16.2 Å². The van der Waals surface area contributed by atoms with Crippen molar-refractivity contribution in [3.63, 3.8) is 0 Å². The fourth-order valence-corrected chi connectivity index (χ4v) is 3.08. The van der Waals surface area contributed by atoms with Crippen LogP contribution in [0.15, 0.2) is 30.3 Å². The van der Waals surface area contributed by atoms with Gasteiger partial charge >= 0.3 is 5.97 Å². The Labute approximate surface area is 153 Å². The maximum atomic E-state index is 13.2. The van der Waals surface area contributed by atoms with E-state index < -0.39 is 35.0 Å². The van der Waals surface area contributed by atoms with Crippen molar-refractivity contribution in [2.24, 2.45) is 11.5 Å². The molecule has 4 N–H and O–H groups in total. The normalized spacial score (nSPS) is 19.7. The molecule has 142 valence electrons. The molecule has 1 heterocycles. The fraction of sp³-hybridized carbons (Fsp3) is 0.526. The highest BCUT2D eigenvalue weighted by Crippen LogP contribution is 2.25. The van der Waals surface area contributed by atoms with E-state index in [0.29, 0.717) is 19.4 Å². The van der Waals surface area contributed by atoms with E-state index in [2.05, 4.69) is 0 Å². The SMILES string of the molecule is CC(C)(C)OC(=O)[C@](N)(Cc1ccccc1)C(=O)N1CCC[C@H]1C(N)=O. The summed E-state index contributed by atoms with van der Waals surface area (Å²) in [5, 5.41) is 0. The van der Waals surface area contributed by atoms with Crippen LogP contribution in [0.4, 0.5) is 0 Å². The van der Waals surface area contributed by atoms with E-state index in [1.165, 1.54) is 4.90 Å². The fourth-order valence-electron chi connectivity index (χ4n) is 3.08. The summed E-state index contributed by atoms with van der Waals surface area (Å²) in [4.78, 5) is 39.0. The number of hydrogen-bond donors (Lipinski definition) is 2. The summed E-state index contributed by atoms with van der Waals surface area (Å²) >= 11 is 0. The molecule has 1 aromatic rings. The standard InChI is InChI=1S/C19H27N3O4/c1-18(2,3)26-17(25)19(21,12-13-8-5-4-6-9-13)16(24)22-11-7-10-14(22)15(20)23/h4-6,8-9,14H,7,10-12,21H2,1-3H3,(H2,20,23)/t14-,19-/m0/s1. The molecular weight excluding hydrogens is 334 g/mol. The summed E-state index contributed by atoms with van der Waals surface area (Å²) in [5.41, 5.74) is 9.76. The first kappa shape index (κ1) is 19.9. The van der Waals surface area contributed by atoms with E-state index in [9.17, 15) is 14.4 Å². The van der Waals surface area contributed by atoms with Crippen molar-refractivity contribution in [1.82, 2.24) is 4.90 Å². The first-order chi connectivity index (χ1) is 12.0. The molecule has 1 aromatic carbocycles. The number of ether oxygens (including phenoxy) is 1. The molecule has 7 heteroatoms. The molecule has 1 fully saturated rings. The zero-order valence-electron chi connectivity index (χ0n) is 15.5. The Bertz CT molecular complexity index is 684. The van der Waals surface area contributed by atoms with Gasteiger partial charge in [0, 0.05) is 13.0 Å². The third-order valence-electron chi connectivity index (χ3n) is 4.31. The summed E-state index contributed by atoms with van der Waals surface area (Å²) in [7, 11) is 0.